The maximum Gasteiger partial charge on any atom is 0.407 e. The van der Waals surface area contributed by atoms with Crippen molar-refractivity contribution in [1.82, 2.24) is 10.6 Å². The topological polar surface area (TPSA) is 86.5 Å². The number of ether oxygens (including phenoxy) is 1. The minimum Gasteiger partial charge on any atom is -0.445 e. The summed E-state index contributed by atoms with van der Waals surface area (Å²) < 4.78 is 5.15. The molecule has 0 aromatic heterocycles. The number of nitriles is 1. The SMILES string of the molecule is CSC(=Nc1ccc(CNC(=O)OCc2ccccc2)cc1)NC#N. The Bertz CT molecular complexity index is 755. The lowest BCUT2D eigenvalue weighted by atomic mass is 10.2. The molecular formula is C18H18N4O2S. The molecule has 25 heavy (non-hydrogen) atoms. The van der Waals surface area contributed by atoms with Gasteiger partial charge in [-0.3, -0.25) is 5.32 Å². The third-order valence-electron chi connectivity index (χ3n) is 3.17. The number of amides is 1. The molecule has 2 aromatic rings. The lowest BCUT2D eigenvalue weighted by Crippen LogP contribution is -2.23. The summed E-state index contributed by atoms with van der Waals surface area (Å²) in [6, 6.07) is 16.9. The lowest BCUT2D eigenvalue weighted by Gasteiger charge is -2.07. The summed E-state index contributed by atoms with van der Waals surface area (Å²) in [5.41, 5.74) is 2.59. The first-order valence-corrected chi connectivity index (χ1v) is 8.75. The van der Waals surface area contributed by atoms with E-state index in [0.717, 1.165) is 16.8 Å². The van der Waals surface area contributed by atoms with Crippen LogP contribution in [0.15, 0.2) is 59.6 Å². The fourth-order valence-corrected chi connectivity index (χ4v) is 2.27. The molecule has 0 bridgehead atoms. The van der Waals surface area contributed by atoms with Gasteiger partial charge in [0.2, 0.25) is 0 Å². The number of thioether (sulfide) groups is 1. The highest BCUT2D eigenvalue weighted by Crippen LogP contribution is 2.15. The van der Waals surface area contributed by atoms with E-state index in [2.05, 4.69) is 15.6 Å². The Morgan fingerprint density at radius 1 is 1.16 bits per heavy atom. The first kappa shape index (κ1) is 18.4. The molecule has 0 aliphatic rings. The number of aliphatic imine (C=N–C) groups is 1. The number of carbonyl (C=O) groups excluding carboxylic acids is 1. The zero-order valence-corrected chi connectivity index (χ0v) is 14.5. The number of hydrogen-bond acceptors (Lipinski definition) is 5. The zero-order valence-electron chi connectivity index (χ0n) is 13.7. The van der Waals surface area contributed by atoms with E-state index in [1.54, 1.807) is 0 Å². The molecule has 7 heteroatoms. The van der Waals surface area contributed by atoms with Crippen LogP contribution >= 0.6 is 11.8 Å². The molecule has 0 radical (unpaired) electrons. The van der Waals surface area contributed by atoms with Crippen LogP contribution in [-0.2, 0) is 17.9 Å². The molecule has 128 valence electrons. The summed E-state index contributed by atoms with van der Waals surface area (Å²) in [6.45, 7) is 0.604. The van der Waals surface area contributed by atoms with Crippen molar-refractivity contribution in [3.8, 4) is 6.19 Å². The van der Waals surface area contributed by atoms with E-state index in [-0.39, 0.29) is 6.61 Å². The van der Waals surface area contributed by atoms with Crippen molar-refractivity contribution >= 4 is 28.7 Å². The third-order valence-corrected chi connectivity index (χ3v) is 3.75. The van der Waals surface area contributed by atoms with Gasteiger partial charge in [-0.05, 0) is 29.5 Å². The highest BCUT2D eigenvalue weighted by atomic mass is 32.2. The largest absolute Gasteiger partial charge is 0.445 e. The van der Waals surface area contributed by atoms with E-state index in [1.165, 1.54) is 11.8 Å². The Morgan fingerprint density at radius 3 is 2.52 bits per heavy atom. The molecule has 2 aromatic carbocycles. The summed E-state index contributed by atoms with van der Waals surface area (Å²) >= 11 is 1.35. The molecule has 2 rings (SSSR count). The second-order valence-electron chi connectivity index (χ2n) is 4.94. The van der Waals surface area contributed by atoms with Crippen LogP contribution in [0.25, 0.3) is 0 Å². The number of alkyl carbamates (subject to hydrolysis) is 1. The number of amidine groups is 1. The van der Waals surface area contributed by atoms with Crippen LogP contribution in [0.1, 0.15) is 11.1 Å². The monoisotopic (exact) mass is 354 g/mol. The maximum absolute atomic E-state index is 11.7. The van der Waals surface area contributed by atoms with E-state index in [4.69, 9.17) is 10.00 Å². The minimum atomic E-state index is -0.464. The highest BCUT2D eigenvalue weighted by Gasteiger charge is 2.03. The van der Waals surface area contributed by atoms with E-state index in [0.29, 0.717) is 11.7 Å². The predicted molar refractivity (Wildman–Crippen MR) is 99.3 cm³/mol. The molecule has 0 fully saturated rings. The summed E-state index contributed by atoms with van der Waals surface area (Å²) in [5, 5.41) is 14.4. The van der Waals surface area contributed by atoms with Crippen LogP contribution in [0.5, 0.6) is 0 Å². The molecule has 0 saturated carbocycles. The van der Waals surface area contributed by atoms with E-state index in [1.807, 2.05) is 67.0 Å². The molecule has 0 saturated heterocycles. The molecule has 0 atom stereocenters. The molecule has 1 amide bonds. The van der Waals surface area contributed by atoms with Crippen LogP contribution in [0.2, 0.25) is 0 Å². The van der Waals surface area contributed by atoms with Gasteiger partial charge in [-0.2, -0.15) is 5.26 Å². The molecule has 2 N–H and O–H groups in total. The summed E-state index contributed by atoms with van der Waals surface area (Å²) in [4.78, 5) is 16.0. The Kier molecular flexibility index (Phi) is 7.35. The fraction of sp³-hybridized carbons (Fsp3) is 0.167. The second-order valence-corrected chi connectivity index (χ2v) is 5.73. The van der Waals surface area contributed by atoms with Crippen LogP contribution in [0, 0.1) is 11.5 Å². The summed E-state index contributed by atoms with van der Waals surface area (Å²) in [7, 11) is 0. The van der Waals surface area contributed by atoms with Crippen LogP contribution in [0.4, 0.5) is 10.5 Å². The van der Waals surface area contributed by atoms with Crippen molar-refractivity contribution < 1.29 is 9.53 Å². The summed E-state index contributed by atoms with van der Waals surface area (Å²) in [6.07, 6.45) is 3.22. The Labute approximate surface area is 150 Å². The normalized spacial score (nSPS) is 10.6. The molecule has 0 spiro atoms. The van der Waals surface area contributed by atoms with Gasteiger partial charge in [-0.25, -0.2) is 9.79 Å². The van der Waals surface area contributed by atoms with Gasteiger partial charge >= 0.3 is 6.09 Å². The smallest absolute Gasteiger partial charge is 0.407 e. The van der Waals surface area contributed by atoms with Crippen molar-refractivity contribution in [1.29, 1.82) is 5.26 Å². The number of carbonyl (C=O) groups is 1. The van der Waals surface area contributed by atoms with Gasteiger partial charge in [0, 0.05) is 6.54 Å². The standard InChI is InChI=1S/C18H18N4O2S/c1-25-17(21-13-19)22-16-9-7-14(8-10-16)11-20-18(23)24-12-15-5-3-2-4-6-15/h2-10H,11-12H2,1H3,(H,20,23)(H,21,22). The van der Waals surface area contributed by atoms with Gasteiger partial charge in [0.25, 0.3) is 0 Å². The number of rotatable bonds is 5. The first-order chi connectivity index (χ1) is 12.2. The first-order valence-electron chi connectivity index (χ1n) is 7.52. The van der Waals surface area contributed by atoms with Gasteiger partial charge in [0.05, 0.1) is 5.69 Å². The Balaban J connectivity index is 1.81. The number of hydrogen-bond donors (Lipinski definition) is 2. The molecule has 6 nitrogen and oxygen atoms in total. The Hall–Kier alpha value is -2.98. The van der Waals surface area contributed by atoms with Gasteiger partial charge in [0.1, 0.15) is 6.61 Å². The number of nitrogens with one attached hydrogen (secondary N) is 2. The van der Waals surface area contributed by atoms with Gasteiger partial charge < -0.3 is 10.1 Å². The van der Waals surface area contributed by atoms with E-state index in [9.17, 15) is 4.79 Å². The Morgan fingerprint density at radius 2 is 1.88 bits per heavy atom. The minimum absolute atomic E-state index is 0.240. The van der Waals surface area contributed by atoms with Crippen molar-refractivity contribution in [3.63, 3.8) is 0 Å². The number of nitrogens with zero attached hydrogens (tertiary/aromatic N) is 2. The molecule has 0 unspecified atom stereocenters. The van der Waals surface area contributed by atoms with E-state index >= 15 is 0 Å². The quantitative estimate of drug-likeness (QED) is 0.371. The van der Waals surface area contributed by atoms with Crippen molar-refractivity contribution in [2.24, 2.45) is 4.99 Å². The predicted octanol–water partition coefficient (Wildman–Crippen LogP) is 3.53. The average Bonchev–Trinajstić information content (AvgIpc) is 2.66. The molecular weight excluding hydrogens is 336 g/mol. The van der Waals surface area contributed by atoms with Crippen molar-refractivity contribution in [3.05, 3.63) is 65.7 Å². The van der Waals surface area contributed by atoms with Gasteiger partial charge in [-0.1, -0.05) is 54.2 Å². The molecule has 0 aliphatic carbocycles. The average molecular weight is 354 g/mol. The van der Waals surface area contributed by atoms with Crippen molar-refractivity contribution in [2.45, 2.75) is 13.2 Å². The van der Waals surface area contributed by atoms with Crippen molar-refractivity contribution in [2.75, 3.05) is 6.26 Å². The maximum atomic E-state index is 11.7. The fourth-order valence-electron chi connectivity index (χ4n) is 1.93. The summed E-state index contributed by atoms with van der Waals surface area (Å²) in [5.74, 6) is 0. The number of benzene rings is 2. The van der Waals surface area contributed by atoms with E-state index < -0.39 is 6.09 Å². The molecule has 0 heterocycles. The van der Waals surface area contributed by atoms with Gasteiger partial charge in [0.15, 0.2) is 11.4 Å². The van der Waals surface area contributed by atoms with Crippen LogP contribution in [-0.4, -0.2) is 17.5 Å². The third kappa shape index (κ3) is 6.57. The zero-order chi connectivity index (χ0) is 17.9. The van der Waals surface area contributed by atoms with Crippen LogP contribution < -0.4 is 10.6 Å². The van der Waals surface area contributed by atoms with Crippen LogP contribution in [0.3, 0.4) is 0 Å². The second kappa shape index (κ2) is 10.0. The van der Waals surface area contributed by atoms with Gasteiger partial charge in [-0.15, -0.1) is 0 Å². The molecule has 0 aliphatic heterocycles. The lowest BCUT2D eigenvalue weighted by molar-refractivity contribution is 0.139. The highest BCUT2D eigenvalue weighted by molar-refractivity contribution is 8.13.